The Hall–Kier alpha value is -1.77. The first-order chi connectivity index (χ1) is 12.8. The quantitative estimate of drug-likeness (QED) is 0.764. The Morgan fingerprint density at radius 3 is 2.63 bits per heavy atom. The number of thiazole rings is 1. The molecule has 2 atom stereocenters. The van der Waals surface area contributed by atoms with Crippen LogP contribution in [0.1, 0.15) is 66.4 Å². The molecule has 1 aromatic heterocycles. The number of hydrogen-bond donors (Lipinski definition) is 2. The SMILES string of the molecule is O=C(NC1CCC(F)(F)CC1)c1nc([C@@H]2C[C@H]2N(CC2CC2)C(=O)O)cs1. The number of alkyl halides is 2. The minimum absolute atomic E-state index is 0.0472. The van der Waals surface area contributed by atoms with Crippen LogP contribution in [0.5, 0.6) is 0 Å². The van der Waals surface area contributed by atoms with Crippen molar-refractivity contribution in [1.29, 1.82) is 0 Å². The molecular formula is C18H23F2N3O3S. The Morgan fingerprint density at radius 1 is 1.30 bits per heavy atom. The number of nitrogens with zero attached hydrogens (tertiary/aromatic N) is 2. The highest BCUT2D eigenvalue weighted by atomic mass is 32.1. The molecule has 0 saturated heterocycles. The molecule has 9 heteroatoms. The molecule has 0 bridgehead atoms. The Balaban J connectivity index is 1.32. The number of halogens is 2. The number of carbonyl (C=O) groups is 2. The molecule has 3 fully saturated rings. The third-order valence-electron chi connectivity index (χ3n) is 5.70. The second kappa shape index (κ2) is 7.00. The van der Waals surface area contributed by atoms with Crippen LogP contribution in [0.2, 0.25) is 0 Å². The summed E-state index contributed by atoms with van der Waals surface area (Å²) in [5.41, 5.74) is 0.757. The van der Waals surface area contributed by atoms with Crippen LogP contribution in [0, 0.1) is 5.92 Å². The van der Waals surface area contributed by atoms with Crippen molar-refractivity contribution in [1.82, 2.24) is 15.2 Å². The number of aromatic nitrogens is 1. The normalized spacial score (nSPS) is 27.2. The van der Waals surface area contributed by atoms with E-state index in [1.54, 1.807) is 0 Å². The zero-order valence-corrected chi connectivity index (χ0v) is 15.7. The topological polar surface area (TPSA) is 82.5 Å². The van der Waals surface area contributed by atoms with Gasteiger partial charge in [0.05, 0.1) is 5.69 Å². The maximum atomic E-state index is 13.2. The number of amides is 2. The van der Waals surface area contributed by atoms with Crippen molar-refractivity contribution in [3.05, 3.63) is 16.1 Å². The summed E-state index contributed by atoms with van der Waals surface area (Å²) >= 11 is 1.23. The van der Waals surface area contributed by atoms with Gasteiger partial charge in [-0.3, -0.25) is 4.79 Å². The van der Waals surface area contributed by atoms with E-state index in [0.29, 0.717) is 17.5 Å². The van der Waals surface area contributed by atoms with Gasteiger partial charge in [0.25, 0.3) is 5.91 Å². The fraction of sp³-hybridized carbons (Fsp3) is 0.722. The van der Waals surface area contributed by atoms with Crippen LogP contribution in [-0.4, -0.2) is 51.5 Å². The molecule has 3 saturated carbocycles. The molecule has 4 rings (SSSR count). The Kier molecular flexibility index (Phi) is 4.82. The Labute approximate surface area is 160 Å². The smallest absolute Gasteiger partial charge is 0.407 e. The van der Waals surface area contributed by atoms with Gasteiger partial charge in [0.2, 0.25) is 5.92 Å². The van der Waals surface area contributed by atoms with Crippen LogP contribution in [0.15, 0.2) is 5.38 Å². The second-order valence-electron chi connectivity index (χ2n) is 7.97. The molecule has 148 valence electrons. The maximum absolute atomic E-state index is 13.2. The number of nitrogens with one attached hydrogen (secondary N) is 1. The second-order valence-corrected chi connectivity index (χ2v) is 8.83. The number of carbonyl (C=O) groups excluding carboxylic acids is 1. The Morgan fingerprint density at radius 2 is 2.00 bits per heavy atom. The molecule has 3 aliphatic carbocycles. The predicted octanol–water partition coefficient (Wildman–Crippen LogP) is 3.70. The van der Waals surface area contributed by atoms with E-state index in [1.807, 2.05) is 5.38 Å². The van der Waals surface area contributed by atoms with E-state index in [-0.39, 0.29) is 49.6 Å². The lowest BCUT2D eigenvalue weighted by molar-refractivity contribution is -0.0399. The predicted molar refractivity (Wildman–Crippen MR) is 95.4 cm³/mol. The lowest BCUT2D eigenvalue weighted by atomic mass is 9.92. The van der Waals surface area contributed by atoms with Gasteiger partial charge in [-0.25, -0.2) is 18.6 Å². The van der Waals surface area contributed by atoms with Crippen molar-refractivity contribution < 1.29 is 23.5 Å². The van der Waals surface area contributed by atoms with E-state index in [0.717, 1.165) is 25.0 Å². The van der Waals surface area contributed by atoms with Crippen LogP contribution >= 0.6 is 11.3 Å². The van der Waals surface area contributed by atoms with Crippen LogP contribution in [0.25, 0.3) is 0 Å². The fourth-order valence-electron chi connectivity index (χ4n) is 3.77. The van der Waals surface area contributed by atoms with E-state index in [2.05, 4.69) is 10.3 Å². The molecule has 0 aromatic carbocycles. The van der Waals surface area contributed by atoms with E-state index >= 15 is 0 Å². The summed E-state index contributed by atoms with van der Waals surface area (Å²) in [6, 6.07) is -0.291. The molecule has 27 heavy (non-hydrogen) atoms. The van der Waals surface area contributed by atoms with Crippen molar-refractivity contribution in [2.75, 3.05) is 6.54 Å². The molecule has 0 aliphatic heterocycles. The number of hydrogen-bond acceptors (Lipinski definition) is 4. The van der Waals surface area contributed by atoms with Crippen molar-refractivity contribution in [2.24, 2.45) is 5.92 Å². The van der Waals surface area contributed by atoms with Crippen molar-refractivity contribution in [3.8, 4) is 0 Å². The summed E-state index contributed by atoms with van der Waals surface area (Å²) in [5, 5.41) is 14.4. The largest absolute Gasteiger partial charge is 0.465 e. The number of rotatable bonds is 6. The van der Waals surface area contributed by atoms with Gasteiger partial charge in [-0.2, -0.15) is 0 Å². The van der Waals surface area contributed by atoms with Gasteiger partial charge < -0.3 is 15.3 Å². The van der Waals surface area contributed by atoms with E-state index in [4.69, 9.17) is 0 Å². The standard InChI is InChI=1S/C18H23F2N3O3S/c19-18(20)5-3-11(4-6-18)21-15(24)16-22-13(9-27-16)12-7-14(12)23(17(25)26)8-10-1-2-10/h9-12,14H,1-8H2,(H,21,24)(H,25,26)/t12-,14+/m0/s1. The molecule has 1 aromatic rings. The Bertz CT molecular complexity index is 727. The van der Waals surface area contributed by atoms with Gasteiger partial charge in [0.1, 0.15) is 0 Å². The average molecular weight is 399 g/mol. The lowest BCUT2D eigenvalue weighted by Gasteiger charge is -2.28. The van der Waals surface area contributed by atoms with Gasteiger partial charge in [-0.15, -0.1) is 11.3 Å². The van der Waals surface area contributed by atoms with Gasteiger partial charge in [0.15, 0.2) is 5.01 Å². The molecule has 0 radical (unpaired) electrons. The highest BCUT2D eigenvalue weighted by Crippen LogP contribution is 2.46. The minimum Gasteiger partial charge on any atom is -0.465 e. The van der Waals surface area contributed by atoms with Crippen molar-refractivity contribution in [3.63, 3.8) is 0 Å². The summed E-state index contributed by atoms with van der Waals surface area (Å²) < 4.78 is 26.4. The van der Waals surface area contributed by atoms with Crippen molar-refractivity contribution >= 4 is 23.3 Å². The third kappa shape index (κ3) is 4.39. The average Bonchev–Trinajstić information content (AvgIpc) is 3.53. The first-order valence-corrected chi connectivity index (χ1v) is 10.3. The third-order valence-corrected chi connectivity index (χ3v) is 6.56. The number of carboxylic acid groups (broad SMARTS) is 1. The zero-order valence-electron chi connectivity index (χ0n) is 14.9. The van der Waals surface area contributed by atoms with Gasteiger partial charge >= 0.3 is 6.09 Å². The summed E-state index contributed by atoms with van der Waals surface area (Å²) in [7, 11) is 0. The van der Waals surface area contributed by atoms with Gasteiger partial charge in [-0.05, 0) is 38.0 Å². The summed E-state index contributed by atoms with van der Waals surface area (Å²) in [6.45, 7) is 0.584. The molecule has 6 nitrogen and oxygen atoms in total. The first kappa shape index (κ1) is 18.6. The highest BCUT2D eigenvalue weighted by Gasteiger charge is 2.47. The zero-order chi connectivity index (χ0) is 19.2. The van der Waals surface area contributed by atoms with Crippen LogP contribution in [0.3, 0.4) is 0 Å². The van der Waals surface area contributed by atoms with Gasteiger partial charge in [-0.1, -0.05) is 0 Å². The highest BCUT2D eigenvalue weighted by molar-refractivity contribution is 7.11. The lowest BCUT2D eigenvalue weighted by Crippen LogP contribution is -2.40. The minimum atomic E-state index is -2.62. The van der Waals surface area contributed by atoms with E-state index in [1.165, 1.54) is 16.2 Å². The van der Waals surface area contributed by atoms with Gasteiger partial charge in [0, 0.05) is 42.8 Å². The molecule has 3 aliphatic rings. The molecule has 1 heterocycles. The molecule has 0 spiro atoms. The van der Waals surface area contributed by atoms with E-state index < -0.39 is 12.0 Å². The summed E-state index contributed by atoms with van der Waals surface area (Å²) in [6.07, 6.45) is 2.18. The molecule has 0 unspecified atom stereocenters. The fourth-order valence-corrected chi connectivity index (χ4v) is 4.55. The molecular weight excluding hydrogens is 376 g/mol. The molecule has 2 N–H and O–H groups in total. The molecule has 2 amide bonds. The monoisotopic (exact) mass is 399 g/mol. The summed E-state index contributed by atoms with van der Waals surface area (Å²) in [5.74, 6) is -2.41. The van der Waals surface area contributed by atoms with E-state index in [9.17, 15) is 23.5 Å². The van der Waals surface area contributed by atoms with Crippen LogP contribution < -0.4 is 5.32 Å². The van der Waals surface area contributed by atoms with Crippen molar-refractivity contribution in [2.45, 2.75) is 68.9 Å². The van der Waals surface area contributed by atoms with Crippen LogP contribution in [0.4, 0.5) is 13.6 Å². The summed E-state index contributed by atoms with van der Waals surface area (Å²) in [4.78, 5) is 29.8. The van der Waals surface area contributed by atoms with Crippen LogP contribution in [-0.2, 0) is 0 Å². The first-order valence-electron chi connectivity index (χ1n) is 9.46. The maximum Gasteiger partial charge on any atom is 0.407 e.